The van der Waals surface area contributed by atoms with E-state index in [4.69, 9.17) is 4.74 Å². The van der Waals surface area contributed by atoms with Crippen LogP contribution in [0.5, 0.6) is 5.75 Å². The summed E-state index contributed by atoms with van der Waals surface area (Å²) >= 11 is 0. The van der Waals surface area contributed by atoms with E-state index < -0.39 is 29.6 Å². The minimum Gasteiger partial charge on any atom is -0.497 e. The van der Waals surface area contributed by atoms with Gasteiger partial charge in [0, 0.05) is 12.0 Å². The van der Waals surface area contributed by atoms with Gasteiger partial charge in [0.15, 0.2) is 5.78 Å². The molecule has 0 aromatic heterocycles. The van der Waals surface area contributed by atoms with E-state index in [0.29, 0.717) is 11.3 Å². The smallest absolute Gasteiger partial charge is 0.252 e. The summed E-state index contributed by atoms with van der Waals surface area (Å²) in [6.45, 7) is 4.21. The molecule has 0 aliphatic carbocycles. The fraction of sp³-hybridized carbons (Fsp3) is 0.364. The fourth-order valence-electron chi connectivity index (χ4n) is 3.18. The third kappa shape index (κ3) is 5.15. The lowest BCUT2D eigenvalue weighted by Crippen LogP contribution is -2.31. The molecule has 0 aliphatic rings. The predicted molar refractivity (Wildman–Crippen MR) is 104 cm³/mol. The van der Waals surface area contributed by atoms with Crippen LogP contribution in [0.2, 0.25) is 0 Å². The average molecular weight is 389 g/mol. The lowest BCUT2D eigenvalue weighted by molar-refractivity contribution is -0.120. The molecule has 2 aromatic rings. The molecule has 0 saturated carbocycles. The molecule has 1 unspecified atom stereocenters. The van der Waals surface area contributed by atoms with Gasteiger partial charge in [-0.2, -0.15) is 0 Å². The normalized spacial score (nSPS) is 12.4. The Morgan fingerprint density at radius 1 is 1.14 bits per heavy atom. The lowest BCUT2D eigenvalue weighted by atomic mass is 9.77. The molecule has 0 radical (unpaired) electrons. The van der Waals surface area contributed by atoms with Crippen molar-refractivity contribution in [2.24, 2.45) is 0 Å². The summed E-state index contributed by atoms with van der Waals surface area (Å²) in [5, 5.41) is 2.85. The van der Waals surface area contributed by atoms with Crippen molar-refractivity contribution in [1.82, 2.24) is 5.32 Å². The van der Waals surface area contributed by atoms with Crippen molar-refractivity contribution in [3.63, 3.8) is 0 Å². The topological polar surface area (TPSA) is 55.4 Å². The molecule has 0 aliphatic heterocycles. The first-order chi connectivity index (χ1) is 13.2. The predicted octanol–water partition coefficient (Wildman–Crippen LogP) is 4.53. The van der Waals surface area contributed by atoms with E-state index in [1.165, 1.54) is 12.1 Å². The summed E-state index contributed by atoms with van der Waals surface area (Å²) in [5.41, 5.74) is 0.679. The highest BCUT2D eigenvalue weighted by Crippen LogP contribution is 2.31. The number of halogens is 2. The first kappa shape index (κ1) is 21.5. The van der Waals surface area contributed by atoms with Gasteiger partial charge in [-0.25, -0.2) is 8.78 Å². The van der Waals surface area contributed by atoms with Crippen LogP contribution in [0.4, 0.5) is 8.78 Å². The molecule has 1 atom stereocenters. The SMILES string of the molecule is COc1ccc(C(C)NC(=O)c2cc(F)ccc2C(C)(C)CC(=O)CF)cc1. The standard InChI is InChI=1S/C22H25F2NO3/c1-14(15-5-8-18(28-4)9-6-15)25-21(27)19-11-16(24)7-10-20(19)22(2,3)12-17(26)13-23/h5-11,14H,12-13H2,1-4H3,(H,25,27). The minimum atomic E-state index is -1.07. The van der Waals surface area contributed by atoms with Gasteiger partial charge in [-0.15, -0.1) is 0 Å². The zero-order valence-corrected chi connectivity index (χ0v) is 16.5. The second-order valence-electron chi connectivity index (χ2n) is 7.39. The molecule has 2 rings (SSSR count). The number of carbonyl (C=O) groups is 2. The number of rotatable bonds is 8. The maximum Gasteiger partial charge on any atom is 0.252 e. The van der Waals surface area contributed by atoms with Gasteiger partial charge in [0.05, 0.1) is 13.2 Å². The van der Waals surface area contributed by atoms with Crippen LogP contribution in [0.25, 0.3) is 0 Å². The van der Waals surface area contributed by atoms with Crippen LogP contribution in [0.1, 0.15) is 54.7 Å². The van der Waals surface area contributed by atoms with Crippen molar-refractivity contribution in [3.05, 3.63) is 65.0 Å². The second kappa shape index (κ2) is 8.95. The number of methoxy groups -OCH3 is 1. The maximum atomic E-state index is 13.8. The number of ether oxygens (including phenoxy) is 1. The number of nitrogens with one attached hydrogen (secondary N) is 1. The van der Waals surface area contributed by atoms with Crippen LogP contribution < -0.4 is 10.1 Å². The molecule has 0 saturated heterocycles. The number of hydrogen-bond donors (Lipinski definition) is 1. The van der Waals surface area contributed by atoms with Crippen LogP contribution in [0, 0.1) is 5.82 Å². The lowest BCUT2D eigenvalue weighted by Gasteiger charge is -2.27. The Bertz CT molecular complexity index is 847. The summed E-state index contributed by atoms with van der Waals surface area (Å²) in [7, 11) is 1.57. The molecule has 28 heavy (non-hydrogen) atoms. The van der Waals surface area contributed by atoms with Crippen LogP contribution in [-0.4, -0.2) is 25.5 Å². The average Bonchev–Trinajstić information content (AvgIpc) is 2.67. The molecule has 1 N–H and O–H groups in total. The second-order valence-corrected chi connectivity index (χ2v) is 7.39. The summed E-state index contributed by atoms with van der Waals surface area (Å²) in [6.07, 6.45) is -0.0799. The van der Waals surface area contributed by atoms with E-state index in [1.54, 1.807) is 33.1 Å². The molecule has 0 heterocycles. The minimum absolute atomic E-state index is 0.0799. The van der Waals surface area contributed by atoms with Crippen molar-refractivity contribution in [2.75, 3.05) is 13.8 Å². The summed E-state index contributed by atoms with van der Waals surface area (Å²) in [5.74, 6) is -0.876. The largest absolute Gasteiger partial charge is 0.497 e. The molecule has 150 valence electrons. The summed E-state index contributed by atoms with van der Waals surface area (Å²) in [4.78, 5) is 24.5. The van der Waals surface area contributed by atoms with Crippen molar-refractivity contribution < 1.29 is 23.1 Å². The molecule has 6 heteroatoms. The first-order valence-corrected chi connectivity index (χ1v) is 9.00. The van der Waals surface area contributed by atoms with Gasteiger partial charge < -0.3 is 10.1 Å². The van der Waals surface area contributed by atoms with Crippen LogP contribution in [0.3, 0.4) is 0 Å². The molecule has 1 amide bonds. The third-order valence-corrected chi connectivity index (χ3v) is 4.71. The number of Topliss-reactive ketones (excluding diaryl/α,β-unsaturated/α-hetero) is 1. The van der Waals surface area contributed by atoms with E-state index in [0.717, 1.165) is 11.6 Å². The molecule has 0 bridgehead atoms. The quantitative estimate of drug-likeness (QED) is 0.722. The molecule has 0 fully saturated rings. The number of ketones is 1. The molecule has 0 spiro atoms. The summed E-state index contributed by atoms with van der Waals surface area (Å²) < 4.78 is 31.6. The van der Waals surface area contributed by atoms with Gasteiger partial charge in [-0.3, -0.25) is 9.59 Å². The van der Waals surface area contributed by atoms with E-state index in [-0.39, 0.29) is 18.0 Å². The zero-order valence-electron chi connectivity index (χ0n) is 16.5. The monoisotopic (exact) mass is 389 g/mol. The Kier molecular flexibility index (Phi) is 6.89. The van der Waals surface area contributed by atoms with E-state index in [1.807, 2.05) is 19.1 Å². The van der Waals surface area contributed by atoms with Crippen LogP contribution in [-0.2, 0) is 10.2 Å². The van der Waals surface area contributed by atoms with Crippen LogP contribution in [0.15, 0.2) is 42.5 Å². The Hall–Kier alpha value is -2.76. The highest BCUT2D eigenvalue weighted by molar-refractivity contribution is 5.96. The van der Waals surface area contributed by atoms with Crippen molar-refractivity contribution in [2.45, 2.75) is 38.6 Å². The molecule has 2 aromatic carbocycles. The van der Waals surface area contributed by atoms with Gasteiger partial charge in [-0.1, -0.05) is 32.0 Å². The van der Waals surface area contributed by atoms with Crippen LogP contribution >= 0.6 is 0 Å². The highest BCUT2D eigenvalue weighted by atomic mass is 19.1. The molecular formula is C22H25F2NO3. The Labute approximate surface area is 163 Å². The number of amides is 1. The third-order valence-electron chi connectivity index (χ3n) is 4.71. The fourth-order valence-corrected chi connectivity index (χ4v) is 3.18. The molecular weight excluding hydrogens is 364 g/mol. The maximum absolute atomic E-state index is 13.8. The number of hydrogen-bond acceptors (Lipinski definition) is 3. The van der Waals surface area contributed by atoms with Gasteiger partial charge in [0.2, 0.25) is 0 Å². The van der Waals surface area contributed by atoms with Crippen molar-refractivity contribution >= 4 is 11.7 Å². The molecule has 4 nitrogen and oxygen atoms in total. The van der Waals surface area contributed by atoms with E-state index in [2.05, 4.69) is 5.32 Å². The van der Waals surface area contributed by atoms with Gasteiger partial charge >= 0.3 is 0 Å². The number of benzene rings is 2. The number of carbonyl (C=O) groups excluding carboxylic acids is 2. The first-order valence-electron chi connectivity index (χ1n) is 9.00. The van der Waals surface area contributed by atoms with Crippen molar-refractivity contribution in [1.29, 1.82) is 0 Å². The van der Waals surface area contributed by atoms with Gasteiger partial charge in [0.1, 0.15) is 18.2 Å². The Morgan fingerprint density at radius 2 is 1.79 bits per heavy atom. The van der Waals surface area contributed by atoms with Gasteiger partial charge in [-0.05, 0) is 47.7 Å². The van der Waals surface area contributed by atoms with E-state index >= 15 is 0 Å². The zero-order chi connectivity index (χ0) is 20.9. The van der Waals surface area contributed by atoms with Gasteiger partial charge in [0.25, 0.3) is 5.91 Å². The Morgan fingerprint density at radius 3 is 2.36 bits per heavy atom. The highest BCUT2D eigenvalue weighted by Gasteiger charge is 2.29. The summed E-state index contributed by atoms with van der Waals surface area (Å²) in [6, 6.07) is 10.8. The van der Waals surface area contributed by atoms with Crippen molar-refractivity contribution in [3.8, 4) is 5.75 Å². The Balaban J connectivity index is 2.28. The van der Waals surface area contributed by atoms with E-state index in [9.17, 15) is 18.4 Å². The number of alkyl halides is 1.